The molecule has 0 unspecified atom stereocenters. The first kappa shape index (κ1) is 19.8. The molecule has 2 aliphatic heterocycles. The third kappa shape index (κ3) is 4.10. The van der Waals surface area contributed by atoms with Crippen LogP contribution in [0, 0.1) is 0 Å². The fourth-order valence-corrected chi connectivity index (χ4v) is 4.67. The van der Waals surface area contributed by atoms with Gasteiger partial charge in [0.05, 0.1) is 17.0 Å². The first-order valence-electron chi connectivity index (χ1n) is 8.83. The SMILES string of the molecule is O=S(=O)(c1ccc2c(c1)OCCO2)N1CC[C@@H](Oc2cc(C(F)(F)F)ccn2)C1. The summed E-state index contributed by atoms with van der Waals surface area (Å²) in [7, 11) is -3.81. The maximum Gasteiger partial charge on any atom is 0.416 e. The van der Waals surface area contributed by atoms with E-state index in [2.05, 4.69) is 4.98 Å². The van der Waals surface area contributed by atoms with E-state index in [1.807, 2.05) is 0 Å². The van der Waals surface area contributed by atoms with E-state index in [0.717, 1.165) is 18.3 Å². The normalized spacial score (nSPS) is 19.9. The standard InChI is InChI=1S/C18H17F3N2O5S/c19-18(20,21)12-3-5-22-17(9-12)28-13-4-6-23(11-13)29(24,25)14-1-2-15-16(10-14)27-8-7-26-15/h1-3,5,9-10,13H,4,6-8,11H2/t13-/m1/s1. The summed E-state index contributed by atoms with van der Waals surface area (Å²) in [6, 6.07) is 6.04. The number of fused-ring (bicyclic) bond motifs is 1. The van der Waals surface area contributed by atoms with Gasteiger partial charge >= 0.3 is 6.18 Å². The molecule has 3 heterocycles. The summed E-state index contributed by atoms with van der Waals surface area (Å²) in [5.74, 6) is 0.648. The van der Waals surface area contributed by atoms with Gasteiger partial charge in [0.1, 0.15) is 19.3 Å². The molecule has 1 aromatic heterocycles. The Hall–Kier alpha value is -2.53. The van der Waals surface area contributed by atoms with Crippen LogP contribution in [0.2, 0.25) is 0 Å². The highest BCUT2D eigenvalue weighted by molar-refractivity contribution is 7.89. The molecule has 1 aromatic carbocycles. The number of halogens is 3. The molecule has 0 radical (unpaired) electrons. The Morgan fingerprint density at radius 3 is 2.62 bits per heavy atom. The maximum atomic E-state index is 12.9. The molecule has 0 aliphatic carbocycles. The van der Waals surface area contributed by atoms with E-state index in [9.17, 15) is 21.6 Å². The Kier molecular flexibility index (Phi) is 5.03. The fraction of sp³-hybridized carbons (Fsp3) is 0.389. The molecule has 0 saturated carbocycles. The molecule has 1 atom stereocenters. The third-order valence-electron chi connectivity index (χ3n) is 4.61. The minimum absolute atomic E-state index is 0.00863. The van der Waals surface area contributed by atoms with Crippen molar-refractivity contribution in [3.05, 3.63) is 42.1 Å². The molecule has 7 nitrogen and oxygen atoms in total. The van der Waals surface area contributed by atoms with Gasteiger partial charge < -0.3 is 14.2 Å². The van der Waals surface area contributed by atoms with Crippen LogP contribution >= 0.6 is 0 Å². The van der Waals surface area contributed by atoms with Gasteiger partial charge in [0.15, 0.2) is 11.5 Å². The molecule has 2 aliphatic rings. The zero-order valence-corrected chi connectivity index (χ0v) is 15.9. The number of pyridine rings is 1. The van der Waals surface area contributed by atoms with Gasteiger partial charge in [-0.25, -0.2) is 13.4 Å². The van der Waals surface area contributed by atoms with E-state index in [0.29, 0.717) is 31.1 Å². The number of hydrogen-bond acceptors (Lipinski definition) is 6. The van der Waals surface area contributed by atoms with Crippen LogP contribution in [0.1, 0.15) is 12.0 Å². The maximum absolute atomic E-state index is 12.9. The largest absolute Gasteiger partial charge is 0.486 e. The van der Waals surface area contributed by atoms with Crippen LogP contribution in [0.15, 0.2) is 41.4 Å². The lowest BCUT2D eigenvalue weighted by atomic mass is 10.2. The van der Waals surface area contributed by atoms with Crippen LogP contribution < -0.4 is 14.2 Å². The van der Waals surface area contributed by atoms with Crippen LogP contribution in [-0.2, 0) is 16.2 Å². The minimum Gasteiger partial charge on any atom is -0.486 e. The van der Waals surface area contributed by atoms with Gasteiger partial charge in [-0.05, 0) is 24.6 Å². The number of aromatic nitrogens is 1. The number of ether oxygens (including phenoxy) is 3. The lowest BCUT2D eigenvalue weighted by molar-refractivity contribution is -0.137. The topological polar surface area (TPSA) is 78.0 Å². The quantitative estimate of drug-likeness (QED) is 0.742. The molecule has 2 aromatic rings. The lowest BCUT2D eigenvalue weighted by Gasteiger charge is -2.21. The zero-order chi connectivity index (χ0) is 20.6. The number of rotatable bonds is 4. The monoisotopic (exact) mass is 430 g/mol. The Morgan fingerprint density at radius 2 is 1.86 bits per heavy atom. The molecular weight excluding hydrogens is 413 g/mol. The molecule has 11 heteroatoms. The highest BCUT2D eigenvalue weighted by Gasteiger charge is 2.35. The lowest BCUT2D eigenvalue weighted by Crippen LogP contribution is -2.31. The highest BCUT2D eigenvalue weighted by atomic mass is 32.2. The van der Waals surface area contributed by atoms with E-state index in [4.69, 9.17) is 14.2 Å². The number of benzene rings is 1. The molecule has 1 saturated heterocycles. The van der Waals surface area contributed by atoms with E-state index in [1.165, 1.54) is 22.5 Å². The van der Waals surface area contributed by atoms with Crippen molar-refractivity contribution in [2.75, 3.05) is 26.3 Å². The van der Waals surface area contributed by atoms with Crippen molar-refractivity contribution in [3.63, 3.8) is 0 Å². The number of hydrogen-bond donors (Lipinski definition) is 0. The predicted octanol–water partition coefficient (Wildman–Crippen LogP) is 2.71. The molecule has 4 rings (SSSR count). The van der Waals surface area contributed by atoms with Crippen LogP contribution in [0.4, 0.5) is 13.2 Å². The molecule has 0 spiro atoms. The smallest absolute Gasteiger partial charge is 0.416 e. The van der Waals surface area contributed by atoms with Gasteiger partial charge in [0.25, 0.3) is 0 Å². The highest BCUT2D eigenvalue weighted by Crippen LogP contribution is 2.34. The molecule has 0 bridgehead atoms. The van der Waals surface area contributed by atoms with Crippen molar-refractivity contribution in [1.29, 1.82) is 0 Å². The summed E-state index contributed by atoms with van der Waals surface area (Å²) >= 11 is 0. The van der Waals surface area contributed by atoms with Crippen molar-refractivity contribution >= 4 is 10.0 Å². The second kappa shape index (κ2) is 7.38. The molecule has 156 valence electrons. The Labute approximate surface area is 165 Å². The van der Waals surface area contributed by atoms with Crippen molar-refractivity contribution in [2.45, 2.75) is 23.6 Å². The van der Waals surface area contributed by atoms with Crippen molar-refractivity contribution in [2.24, 2.45) is 0 Å². The molecule has 1 fully saturated rings. The average molecular weight is 430 g/mol. The average Bonchev–Trinajstić information content (AvgIpc) is 3.16. The zero-order valence-electron chi connectivity index (χ0n) is 15.1. The Bertz CT molecular complexity index is 1010. The van der Waals surface area contributed by atoms with Crippen LogP contribution in [0.3, 0.4) is 0 Å². The van der Waals surface area contributed by atoms with E-state index in [1.54, 1.807) is 0 Å². The first-order valence-corrected chi connectivity index (χ1v) is 10.3. The van der Waals surface area contributed by atoms with Crippen molar-refractivity contribution in [3.8, 4) is 17.4 Å². The fourth-order valence-electron chi connectivity index (χ4n) is 3.17. The molecule has 29 heavy (non-hydrogen) atoms. The Balaban J connectivity index is 1.47. The first-order chi connectivity index (χ1) is 13.7. The minimum atomic E-state index is -4.51. The van der Waals surface area contributed by atoms with Gasteiger partial charge in [0.2, 0.25) is 15.9 Å². The van der Waals surface area contributed by atoms with E-state index < -0.39 is 27.9 Å². The summed E-state index contributed by atoms with van der Waals surface area (Å²) in [6.45, 7) is 0.920. The van der Waals surface area contributed by atoms with E-state index in [-0.39, 0.29) is 23.9 Å². The van der Waals surface area contributed by atoms with Gasteiger partial charge in [-0.2, -0.15) is 17.5 Å². The van der Waals surface area contributed by atoms with Crippen LogP contribution in [0.5, 0.6) is 17.4 Å². The second-order valence-electron chi connectivity index (χ2n) is 6.58. The van der Waals surface area contributed by atoms with Crippen LogP contribution in [-0.4, -0.2) is 50.1 Å². The van der Waals surface area contributed by atoms with Crippen LogP contribution in [0.25, 0.3) is 0 Å². The van der Waals surface area contributed by atoms with Crippen molar-refractivity contribution < 1.29 is 35.8 Å². The Morgan fingerprint density at radius 1 is 1.10 bits per heavy atom. The molecular formula is C18H17F3N2O5S. The van der Waals surface area contributed by atoms with E-state index >= 15 is 0 Å². The number of nitrogens with zero attached hydrogens (tertiary/aromatic N) is 2. The van der Waals surface area contributed by atoms with Crippen molar-refractivity contribution in [1.82, 2.24) is 9.29 Å². The summed E-state index contributed by atoms with van der Waals surface area (Å²) in [5, 5.41) is 0. The molecule has 0 amide bonds. The summed E-state index contributed by atoms with van der Waals surface area (Å²) in [5.41, 5.74) is -0.874. The van der Waals surface area contributed by atoms with Gasteiger partial charge in [-0.15, -0.1) is 0 Å². The summed E-state index contributed by atoms with van der Waals surface area (Å²) in [4.78, 5) is 3.84. The number of alkyl halides is 3. The predicted molar refractivity (Wildman–Crippen MR) is 94.5 cm³/mol. The van der Waals surface area contributed by atoms with Gasteiger partial charge in [-0.1, -0.05) is 0 Å². The number of sulfonamides is 1. The molecule has 0 N–H and O–H groups in total. The summed E-state index contributed by atoms with van der Waals surface area (Å²) < 4.78 is 81.8. The van der Waals surface area contributed by atoms with Gasteiger partial charge in [0, 0.05) is 24.9 Å². The summed E-state index contributed by atoms with van der Waals surface area (Å²) in [6.07, 6.45) is -3.76. The van der Waals surface area contributed by atoms with Gasteiger partial charge in [-0.3, -0.25) is 0 Å². The second-order valence-corrected chi connectivity index (χ2v) is 8.52. The third-order valence-corrected chi connectivity index (χ3v) is 6.47.